The van der Waals surface area contributed by atoms with Gasteiger partial charge in [0.05, 0.1) is 4.90 Å². The third kappa shape index (κ3) is 6.76. The molecule has 7 nitrogen and oxygen atoms in total. The number of carbonyl (C=O) groups excluding carboxylic acids is 2. The molecule has 0 bridgehead atoms. The topological polar surface area (TPSA) is 104 Å². The van der Waals surface area contributed by atoms with Gasteiger partial charge in [-0.15, -0.1) is 0 Å². The minimum Gasteiger partial charge on any atom is -0.350 e. The van der Waals surface area contributed by atoms with E-state index >= 15 is 0 Å². The first-order valence-corrected chi connectivity index (χ1v) is 10.7. The molecule has 2 amide bonds. The standard InChI is InChI=1S/C20H24ClN3O4S/c1-13(18(25)23-20(2,3)4)22-19(26)14-5-11-17(12-6-14)29(27,28)24-16-9-7-15(21)8-10-16/h5-13,24H,1-4H3,(H,22,26)(H,23,25). The molecule has 1 unspecified atom stereocenters. The van der Waals surface area contributed by atoms with Crippen LogP contribution in [0.15, 0.2) is 53.4 Å². The van der Waals surface area contributed by atoms with Crippen molar-refractivity contribution in [3.8, 4) is 0 Å². The largest absolute Gasteiger partial charge is 0.350 e. The zero-order chi connectivity index (χ0) is 21.8. The van der Waals surface area contributed by atoms with E-state index in [4.69, 9.17) is 11.6 Å². The van der Waals surface area contributed by atoms with Crippen molar-refractivity contribution >= 4 is 39.1 Å². The lowest BCUT2D eigenvalue weighted by molar-refractivity contribution is -0.124. The molecule has 9 heteroatoms. The lowest BCUT2D eigenvalue weighted by atomic mass is 10.1. The Morgan fingerprint density at radius 3 is 2.03 bits per heavy atom. The number of nitrogens with one attached hydrogen (secondary N) is 3. The molecular formula is C20H24ClN3O4S. The predicted octanol–water partition coefficient (Wildman–Crippen LogP) is 3.17. The first-order valence-electron chi connectivity index (χ1n) is 8.89. The van der Waals surface area contributed by atoms with E-state index in [-0.39, 0.29) is 16.4 Å². The van der Waals surface area contributed by atoms with Crippen LogP contribution in [-0.4, -0.2) is 31.8 Å². The summed E-state index contributed by atoms with van der Waals surface area (Å²) >= 11 is 5.79. The maximum atomic E-state index is 12.5. The Hall–Kier alpha value is -2.58. The molecule has 0 spiro atoms. The summed E-state index contributed by atoms with van der Waals surface area (Å²) in [4.78, 5) is 24.4. The Labute approximate surface area is 175 Å². The van der Waals surface area contributed by atoms with Crippen LogP contribution >= 0.6 is 11.6 Å². The molecule has 0 aliphatic heterocycles. The van der Waals surface area contributed by atoms with Crippen molar-refractivity contribution in [3.05, 3.63) is 59.1 Å². The average Bonchev–Trinajstić information content (AvgIpc) is 2.62. The number of anilines is 1. The quantitative estimate of drug-likeness (QED) is 0.645. The molecule has 156 valence electrons. The number of benzene rings is 2. The Bertz CT molecular complexity index is 982. The highest BCUT2D eigenvalue weighted by Crippen LogP contribution is 2.19. The van der Waals surface area contributed by atoms with Gasteiger partial charge in [-0.2, -0.15) is 0 Å². The number of hydrogen-bond acceptors (Lipinski definition) is 4. The van der Waals surface area contributed by atoms with Crippen LogP contribution in [0.2, 0.25) is 5.02 Å². The monoisotopic (exact) mass is 437 g/mol. The maximum Gasteiger partial charge on any atom is 0.261 e. The third-order valence-corrected chi connectivity index (χ3v) is 5.41. The molecule has 29 heavy (non-hydrogen) atoms. The second-order valence-electron chi connectivity index (χ2n) is 7.57. The van der Waals surface area contributed by atoms with Crippen LogP contribution in [0.5, 0.6) is 0 Å². The minimum atomic E-state index is -3.81. The van der Waals surface area contributed by atoms with E-state index in [0.717, 1.165) is 0 Å². The summed E-state index contributed by atoms with van der Waals surface area (Å²) in [6.45, 7) is 7.11. The molecule has 0 aromatic heterocycles. The second kappa shape index (κ2) is 8.84. The highest BCUT2D eigenvalue weighted by Gasteiger charge is 2.21. The van der Waals surface area contributed by atoms with Crippen LogP contribution in [0.3, 0.4) is 0 Å². The van der Waals surface area contributed by atoms with E-state index in [0.29, 0.717) is 10.7 Å². The summed E-state index contributed by atoms with van der Waals surface area (Å²) in [6.07, 6.45) is 0. The summed E-state index contributed by atoms with van der Waals surface area (Å²) in [5, 5.41) is 5.87. The van der Waals surface area contributed by atoms with Crippen molar-refractivity contribution in [2.75, 3.05) is 4.72 Å². The average molecular weight is 438 g/mol. The van der Waals surface area contributed by atoms with Gasteiger partial charge in [0.2, 0.25) is 5.91 Å². The molecule has 2 aromatic carbocycles. The van der Waals surface area contributed by atoms with Crippen LogP contribution in [0.4, 0.5) is 5.69 Å². The number of amides is 2. The van der Waals surface area contributed by atoms with Crippen molar-refractivity contribution < 1.29 is 18.0 Å². The van der Waals surface area contributed by atoms with Gasteiger partial charge in [0.15, 0.2) is 0 Å². The van der Waals surface area contributed by atoms with E-state index in [1.807, 2.05) is 20.8 Å². The zero-order valence-corrected chi connectivity index (χ0v) is 18.2. The molecule has 3 N–H and O–H groups in total. The second-order valence-corrected chi connectivity index (χ2v) is 9.69. The lowest BCUT2D eigenvalue weighted by Gasteiger charge is -2.23. The maximum absolute atomic E-state index is 12.5. The molecule has 2 aromatic rings. The molecular weight excluding hydrogens is 414 g/mol. The molecule has 0 saturated heterocycles. The van der Waals surface area contributed by atoms with Crippen molar-refractivity contribution in [3.63, 3.8) is 0 Å². The first-order chi connectivity index (χ1) is 13.4. The van der Waals surface area contributed by atoms with Crippen LogP contribution in [-0.2, 0) is 14.8 Å². The number of carbonyl (C=O) groups is 2. The molecule has 2 rings (SSSR count). The fraction of sp³-hybridized carbons (Fsp3) is 0.300. The molecule has 1 atom stereocenters. The van der Waals surface area contributed by atoms with Crippen molar-refractivity contribution in [2.24, 2.45) is 0 Å². The summed E-state index contributed by atoms with van der Waals surface area (Å²) < 4.78 is 27.4. The van der Waals surface area contributed by atoms with Crippen LogP contribution in [0.25, 0.3) is 0 Å². The first kappa shape index (κ1) is 22.7. The zero-order valence-electron chi connectivity index (χ0n) is 16.6. The van der Waals surface area contributed by atoms with Gasteiger partial charge in [-0.05, 0) is 76.2 Å². The molecule has 0 aliphatic carbocycles. The number of hydrogen-bond donors (Lipinski definition) is 3. The third-order valence-electron chi connectivity index (χ3n) is 3.76. The van der Waals surface area contributed by atoms with Gasteiger partial charge in [-0.1, -0.05) is 11.6 Å². The number of rotatable bonds is 6. The van der Waals surface area contributed by atoms with Gasteiger partial charge in [-0.25, -0.2) is 8.42 Å². The van der Waals surface area contributed by atoms with E-state index in [9.17, 15) is 18.0 Å². The van der Waals surface area contributed by atoms with Gasteiger partial charge in [0.1, 0.15) is 6.04 Å². The molecule has 0 heterocycles. The summed E-state index contributed by atoms with van der Waals surface area (Å²) in [5.74, 6) is -0.784. The van der Waals surface area contributed by atoms with Gasteiger partial charge in [0, 0.05) is 21.8 Å². The van der Waals surface area contributed by atoms with Gasteiger partial charge in [-0.3, -0.25) is 14.3 Å². The Morgan fingerprint density at radius 2 is 1.52 bits per heavy atom. The van der Waals surface area contributed by atoms with Gasteiger partial charge >= 0.3 is 0 Å². The fourth-order valence-electron chi connectivity index (χ4n) is 2.34. The van der Waals surface area contributed by atoms with Crippen molar-refractivity contribution in [1.82, 2.24) is 10.6 Å². The van der Waals surface area contributed by atoms with Crippen LogP contribution < -0.4 is 15.4 Å². The van der Waals surface area contributed by atoms with Gasteiger partial charge < -0.3 is 10.6 Å². The molecule has 0 saturated carbocycles. The summed E-state index contributed by atoms with van der Waals surface area (Å²) in [6, 6.07) is 10.9. The lowest BCUT2D eigenvalue weighted by Crippen LogP contribution is -2.50. The van der Waals surface area contributed by atoms with Crippen LogP contribution in [0, 0.1) is 0 Å². The van der Waals surface area contributed by atoms with E-state index in [1.54, 1.807) is 31.2 Å². The number of sulfonamides is 1. The summed E-state index contributed by atoms with van der Waals surface area (Å²) in [7, 11) is -3.81. The van der Waals surface area contributed by atoms with Crippen molar-refractivity contribution in [1.29, 1.82) is 0 Å². The molecule has 0 aliphatic rings. The smallest absolute Gasteiger partial charge is 0.261 e. The summed E-state index contributed by atoms with van der Waals surface area (Å²) in [5.41, 5.74) is 0.198. The highest BCUT2D eigenvalue weighted by atomic mass is 35.5. The normalized spacial score (nSPS) is 12.7. The van der Waals surface area contributed by atoms with E-state index in [2.05, 4.69) is 15.4 Å². The fourth-order valence-corrected chi connectivity index (χ4v) is 3.53. The van der Waals surface area contributed by atoms with E-state index in [1.165, 1.54) is 24.3 Å². The number of halogens is 1. The molecule has 0 fully saturated rings. The van der Waals surface area contributed by atoms with Crippen LogP contribution in [0.1, 0.15) is 38.1 Å². The Balaban J connectivity index is 2.06. The van der Waals surface area contributed by atoms with Gasteiger partial charge in [0.25, 0.3) is 15.9 Å². The van der Waals surface area contributed by atoms with E-state index < -0.39 is 27.5 Å². The van der Waals surface area contributed by atoms with Crippen molar-refractivity contribution in [2.45, 2.75) is 44.2 Å². The Morgan fingerprint density at radius 1 is 0.966 bits per heavy atom. The Kier molecular flexibility index (Phi) is 6.92. The minimum absolute atomic E-state index is 0.00234. The highest BCUT2D eigenvalue weighted by molar-refractivity contribution is 7.92. The SMILES string of the molecule is CC(NC(=O)c1ccc(S(=O)(=O)Nc2ccc(Cl)cc2)cc1)C(=O)NC(C)(C)C. The predicted molar refractivity (Wildman–Crippen MR) is 114 cm³/mol. The molecule has 0 radical (unpaired) electrons.